The third-order valence-electron chi connectivity index (χ3n) is 3.54. The summed E-state index contributed by atoms with van der Waals surface area (Å²) >= 11 is 0. The van der Waals surface area contributed by atoms with Crippen LogP contribution < -0.4 is 0 Å². The van der Waals surface area contributed by atoms with Crippen LogP contribution in [0, 0.1) is 0 Å². The summed E-state index contributed by atoms with van der Waals surface area (Å²) < 4.78 is 17.7. The van der Waals surface area contributed by atoms with Gasteiger partial charge in [0.05, 0.1) is 19.8 Å². The molecule has 3 aromatic rings. The van der Waals surface area contributed by atoms with E-state index in [0.29, 0.717) is 19.8 Å². The summed E-state index contributed by atoms with van der Waals surface area (Å²) in [6.45, 7) is 1.41. The molecule has 0 fully saturated rings. The van der Waals surface area contributed by atoms with Crippen LogP contribution in [0.2, 0.25) is 0 Å². The van der Waals surface area contributed by atoms with Gasteiger partial charge < -0.3 is 13.6 Å². The summed E-state index contributed by atoms with van der Waals surface area (Å²) in [7, 11) is -1.43. The standard InChI is InChI=1S/C21H21O3P/c1-4-10-19(11-5-1)16-22-25(23-17-20-12-6-2-7-13-20)24-18-21-14-8-3-9-15-21/h1-15H,16-18H2. The molecule has 0 aromatic heterocycles. The maximum absolute atomic E-state index is 5.89. The largest absolute Gasteiger partial charge is 0.333 e. The van der Waals surface area contributed by atoms with Crippen molar-refractivity contribution in [3.05, 3.63) is 108 Å². The quantitative estimate of drug-likeness (QED) is 0.451. The average molecular weight is 352 g/mol. The van der Waals surface area contributed by atoms with E-state index in [0.717, 1.165) is 16.7 Å². The van der Waals surface area contributed by atoms with Gasteiger partial charge in [-0.05, 0) is 16.7 Å². The van der Waals surface area contributed by atoms with Gasteiger partial charge >= 0.3 is 8.60 Å². The van der Waals surface area contributed by atoms with Crippen LogP contribution in [0.15, 0.2) is 91.0 Å². The van der Waals surface area contributed by atoms with Crippen molar-refractivity contribution in [3.63, 3.8) is 0 Å². The van der Waals surface area contributed by atoms with E-state index in [4.69, 9.17) is 13.6 Å². The van der Waals surface area contributed by atoms with Crippen LogP contribution in [-0.2, 0) is 33.4 Å². The Morgan fingerprint density at radius 1 is 0.440 bits per heavy atom. The Morgan fingerprint density at radius 3 is 1.00 bits per heavy atom. The highest BCUT2D eigenvalue weighted by Gasteiger charge is 2.14. The van der Waals surface area contributed by atoms with E-state index in [1.165, 1.54) is 0 Å². The molecule has 4 heteroatoms. The van der Waals surface area contributed by atoms with Crippen LogP contribution in [0.1, 0.15) is 16.7 Å². The van der Waals surface area contributed by atoms with Crippen LogP contribution in [0.5, 0.6) is 0 Å². The van der Waals surface area contributed by atoms with E-state index in [1.54, 1.807) is 0 Å². The van der Waals surface area contributed by atoms with Crippen molar-refractivity contribution >= 4 is 8.60 Å². The summed E-state index contributed by atoms with van der Waals surface area (Å²) in [6.07, 6.45) is 0. The minimum atomic E-state index is -1.43. The Balaban J connectivity index is 1.56. The molecule has 0 bridgehead atoms. The molecular formula is C21H21O3P. The number of hydrogen-bond donors (Lipinski definition) is 0. The zero-order valence-corrected chi connectivity index (χ0v) is 14.8. The minimum absolute atomic E-state index is 0.468. The third kappa shape index (κ3) is 6.41. The van der Waals surface area contributed by atoms with E-state index in [1.807, 2.05) is 91.0 Å². The second-order valence-electron chi connectivity index (χ2n) is 5.50. The van der Waals surface area contributed by atoms with Gasteiger partial charge in [0, 0.05) is 0 Å². The molecule has 3 nitrogen and oxygen atoms in total. The fourth-order valence-electron chi connectivity index (χ4n) is 2.22. The summed E-state index contributed by atoms with van der Waals surface area (Å²) in [4.78, 5) is 0. The first-order valence-electron chi connectivity index (χ1n) is 8.21. The highest BCUT2D eigenvalue weighted by atomic mass is 31.2. The molecule has 0 amide bonds. The van der Waals surface area contributed by atoms with E-state index >= 15 is 0 Å². The second kappa shape index (κ2) is 10.1. The molecule has 0 aliphatic rings. The van der Waals surface area contributed by atoms with Crippen molar-refractivity contribution in [2.45, 2.75) is 19.8 Å². The lowest BCUT2D eigenvalue weighted by Crippen LogP contribution is -1.98. The SMILES string of the molecule is c1ccc(COP(OCc2ccccc2)OCc2ccccc2)cc1. The minimum Gasteiger partial charge on any atom is -0.307 e. The zero-order chi connectivity index (χ0) is 17.2. The van der Waals surface area contributed by atoms with Crippen molar-refractivity contribution in [1.29, 1.82) is 0 Å². The van der Waals surface area contributed by atoms with E-state index in [-0.39, 0.29) is 0 Å². The van der Waals surface area contributed by atoms with Crippen molar-refractivity contribution < 1.29 is 13.6 Å². The zero-order valence-electron chi connectivity index (χ0n) is 14.0. The van der Waals surface area contributed by atoms with Crippen LogP contribution in [0.4, 0.5) is 0 Å². The molecule has 0 aliphatic carbocycles. The molecule has 0 aliphatic heterocycles. The predicted molar refractivity (Wildman–Crippen MR) is 101 cm³/mol. The molecule has 0 unspecified atom stereocenters. The fraction of sp³-hybridized carbons (Fsp3) is 0.143. The van der Waals surface area contributed by atoms with Crippen LogP contribution in [0.3, 0.4) is 0 Å². The van der Waals surface area contributed by atoms with Gasteiger partial charge in [-0.25, -0.2) is 0 Å². The predicted octanol–water partition coefficient (Wildman–Crippen LogP) is 5.86. The monoisotopic (exact) mass is 352 g/mol. The Labute approximate surface area is 150 Å². The van der Waals surface area contributed by atoms with Gasteiger partial charge in [0.2, 0.25) is 0 Å². The number of hydrogen-bond acceptors (Lipinski definition) is 3. The van der Waals surface area contributed by atoms with Gasteiger partial charge in [-0.3, -0.25) is 0 Å². The molecule has 3 rings (SSSR count). The molecule has 0 radical (unpaired) electrons. The molecule has 0 saturated carbocycles. The van der Waals surface area contributed by atoms with Gasteiger partial charge in [-0.15, -0.1) is 0 Å². The molecule has 0 N–H and O–H groups in total. The van der Waals surface area contributed by atoms with Crippen molar-refractivity contribution in [3.8, 4) is 0 Å². The van der Waals surface area contributed by atoms with Gasteiger partial charge in [-0.2, -0.15) is 0 Å². The topological polar surface area (TPSA) is 27.7 Å². The summed E-state index contributed by atoms with van der Waals surface area (Å²) in [6, 6.07) is 30.1. The van der Waals surface area contributed by atoms with Gasteiger partial charge in [0.15, 0.2) is 0 Å². The molecule has 0 atom stereocenters. The molecule has 3 aromatic carbocycles. The maximum Gasteiger partial charge on any atom is 0.333 e. The van der Waals surface area contributed by atoms with E-state index < -0.39 is 8.60 Å². The lowest BCUT2D eigenvalue weighted by atomic mass is 10.2. The normalized spacial score (nSPS) is 10.9. The highest BCUT2D eigenvalue weighted by molar-refractivity contribution is 7.41. The summed E-state index contributed by atoms with van der Waals surface area (Å²) in [5, 5.41) is 0. The highest BCUT2D eigenvalue weighted by Crippen LogP contribution is 2.42. The first-order valence-corrected chi connectivity index (χ1v) is 9.30. The van der Waals surface area contributed by atoms with Crippen molar-refractivity contribution in [2.75, 3.05) is 0 Å². The van der Waals surface area contributed by atoms with Crippen molar-refractivity contribution in [1.82, 2.24) is 0 Å². The third-order valence-corrected chi connectivity index (χ3v) is 4.56. The summed E-state index contributed by atoms with van der Waals surface area (Å²) in [5.41, 5.74) is 3.30. The first kappa shape index (κ1) is 17.8. The Morgan fingerprint density at radius 2 is 0.720 bits per heavy atom. The molecule has 25 heavy (non-hydrogen) atoms. The van der Waals surface area contributed by atoms with E-state index in [2.05, 4.69) is 0 Å². The molecule has 0 heterocycles. The Hall–Kier alpha value is -2.03. The number of rotatable bonds is 9. The second-order valence-corrected chi connectivity index (χ2v) is 6.72. The number of benzene rings is 3. The summed E-state index contributed by atoms with van der Waals surface area (Å²) in [5.74, 6) is 0. The van der Waals surface area contributed by atoms with Crippen LogP contribution in [0.25, 0.3) is 0 Å². The smallest absolute Gasteiger partial charge is 0.307 e. The Kier molecular flexibility index (Phi) is 7.16. The average Bonchev–Trinajstić information content (AvgIpc) is 2.70. The first-order chi connectivity index (χ1) is 12.4. The van der Waals surface area contributed by atoms with Gasteiger partial charge in [-0.1, -0.05) is 91.0 Å². The van der Waals surface area contributed by atoms with Crippen molar-refractivity contribution in [2.24, 2.45) is 0 Å². The van der Waals surface area contributed by atoms with E-state index in [9.17, 15) is 0 Å². The van der Waals surface area contributed by atoms with Crippen LogP contribution in [-0.4, -0.2) is 0 Å². The maximum atomic E-state index is 5.89. The van der Waals surface area contributed by atoms with Gasteiger partial charge in [0.25, 0.3) is 0 Å². The van der Waals surface area contributed by atoms with Gasteiger partial charge in [0.1, 0.15) is 0 Å². The molecule has 128 valence electrons. The fourth-order valence-corrected chi connectivity index (χ4v) is 3.20. The lowest BCUT2D eigenvalue weighted by Gasteiger charge is -2.17. The molecule has 0 saturated heterocycles. The Bertz CT molecular complexity index is 616. The van der Waals surface area contributed by atoms with Crippen LogP contribution >= 0.6 is 8.60 Å². The lowest BCUT2D eigenvalue weighted by molar-refractivity contribution is 0.144. The molecular weight excluding hydrogens is 331 g/mol. The molecule has 0 spiro atoms.